The average Bonchev–Trinajstić information content (AvgIpc) is 2.92. The van der Waals surface area contributed by atoms with Gasteiger partial charge in [-0.05, 0) is 24.1 Å². The van der Waals surface area contributed by atoms with E-state index in [1.807, 2.05) is 28.8 Å². The number of amides is 1. The van der Waals surface area contributed by atoms with Crippen LogP contribution in [0.4, 0.5) is 0 Å². The van der Waals surface area contributed by atoms with E-state index in [9.17, 15) is 4.79 Å². The van der Waals surface area contributed by atoms with Crippen LogP contribution in [0.25, 0.3) is 0 Å². The third-order valence-electron chi connectivity index (χ3n) is 4.18. The van der Waals surface area contributed by atoms with E-state index in [1.54, 1.807) is 12.4 Å². The van der Waals surface area contributed by atoms with E-state index in [1.165, 1.54) is 12.2 Å². The summed E-state index contributed by atoms with van der Waals surface area (Å²) < 4.78 is 5.89. The molecule has 0 N–H and O–H groups in total. The van der Waals surface area contributed by atoms with Crippen LogP contribution in [0, 0.1) is 0 Å². The van der Waals surface area contributed by atoms with E-state index in [2.05, 4.69) is 9.98 Å². The first-order valence-corrected chi connectivity index (χ1v) is 7.76. The fourth-order valence-corrected chi connectivity index (χ4v) is 3.81. The number of hydrogen-bond acceptors (Lipinski definition) is 5. The minimum atomic E-state index is -0.448. The number of thioether (sulfide) groups is 1. The van der Waals surface area contributed by atoms with Gasteiger partial charge >= 0.3 is 0 Å². The summed E-state index contributed by atoms with van der Waals surface area (Å²) in [5.41, 5.74) is 0.950. The molecule has 1 aromatic rings. The second-order valence-electron chi connectivity index (χ2n) is 5.52. The highest BCUT2D eigenvalue weighted by Crippen LogP contribution is 2.51. The summed E-state index contributed by atoms with van der Waals surface area (Å²) in [5.74, 6) is 1.28. The minimum absolute atomic E-state index is 0.0879. The van der Waals surface area contributed by atoms with Gasteiger partial charge in [-0.25, -0.2) is 4.99 Å². The van der Waals surface area contributed by atoms with Crippen LogP contribution in [0.1, 0.15) is 18.1 Å². The molecule has 2 fully saturated rings. The molecule has 3 atom stereocenters. The molecule has 0 aromatic carbocycles. The van der Waals surface area contributed by atoms with Crippen molar-refractivity contribution in [3.63, 3.8) is 0 Å². The zero-order valence-electron chi connectivity index (χ0n) is 10.9. The van der Waals surface area contributed by atoms with Gasteiger partial charge in [0.15, 0.2) is 18.5 Å². The van der Waals surface area contributed by atoms with Crippen molar-refractivity contribution in [2.75, 3.05) is 18.8 Å². The topological polar surface area (TPSA) is 54.8 Å². The molecule has 104 valence electrons. The standard InChI is InChI=1S/C14H15N3O2S/c18-13(17-6-3-14(7-17)8-20-14)11-12(19-9-16-11)10-1-4-15-5-2-10/h1-2,4-5,9,11-12H,3,6-8H2/t11-,12+,14-/m1/s1. The maximum absolute atomic E-state index is 12.7. The Morgan fingerprint density at radius 2 is 2.25 bits per heavy atom. The van der Waals surface area contributed by atoms with Gasteiger partial charge in [-0.2, -0.15) is 11.8 Å². The van der Waals surface area contributed by atoms with Gasteiger partial charge in [0.25, 0.3) is 5.91 Å². The first-order valence-electron chi connectivity index (χ1n) is 6.77. The number of likely N-dealkylation sites (tertiary alicyclic amines) is 1. The molecule has 3 aliphatic rings. The van der Waals surface area contributed by atoms with E-state index >= 15 is 0 Å². The molecular weight excluding hydrogens is 274 g/mol. The summed E-state index contributed by atoms with van der Waals surface area (Å²) in [7, 11) is 0. The lowest BCUT2D eigenvalue weighted by molar-refractivity contribution is -0.133. The van der Waals surface area contributed by atoms with Crippen molar-refractivity contribution in [1.29, 1.82) is 0 Å². The lowest BCUT2D eigenvalue weighted by atomic mass is 10.0. The van der Waals surface area contributed by atoms with Crippen molar-refractivity contribution in [3.05, 3.63) is 30.1 Å². The predicted octanol–water partition coefficient (Wildman–Crippen LogP) is 1.27. The molecule has 20 heavy (non-hydrogen) atoms. The number of rotatable bonds is 2. The highest BCUT2D eigenvalue weighted by atomic mass is 32.2. The zero-order valence-corrected chi connectivity index (χ0v) is 11.8. The quantitative estimate of drug-likeness (QED) is 0.769. The summed E-state index contributed by atoms with van der Waals surface area (Å²) in [5, 5.41) is 0. The Labute approximate surface area is 121 Å². The molecule has 3 aliphatic heterocycles. The van der Waals surface area contributed by atoms with Gasteiger partial charge in [0, 0.05) is 36.0 Å². The largest absolute Gasteiger partial charge is 0.473 e. The Bertz CT molecular complexity index is 559. The van der Waals surface area contributed by atoms with Crippen molar-refractivity contribution in [2.24, 2.45) is 4.99 Å². The molecule has 0 unspecified atom stereocenters. The van der Waals surface area contributed by atoms with Gasteiger partial charge in [-0.1, -0.05) is 0 Å². The molecule has 4 heterocycles. The highest BCUT2D eigenvalue weighted by Gasteiger charge is 2.51. The van der Waals surface area contributed by atoms with Crippen LogP contribution in [0.5, 0.6) is 0 Å². The van der Waals surface area contributed by atoms with Crippen molar-refractivity contribution < 1.29 is 9.53 Å². The molecule has 2 saturated heterocycles. The molecule has 6 heteroatoms. The normalized spacial score (nSPS) is 34.5. The number of aliphatic imine (C=N–C) groups is 1. The molecule has 1 amide bonds. The maximum Gasteiger partial charge on any atom is 0.251 e. The summed E-state index contributed by atoms with van der Waals surface area (Å²) in [4.78, 5) is 22.8. The molecule has 0 bridgehead atoms. The Hall–Kier alpha value is -1.56. The van der Waals surface area contributed by atoms with Gasteiger partial charge < -0.3 is 9.64 Å². The van der Waals surface area contributed by atoms with Crippen molar-refractivity contribution >= 4 is 24.1 Å². The number of hydrogen-bond donors (Lipinski definition) is 0. The highest BCUT2D eigenvalue weighted by molar-refractivity contribution is 8.07. The number of pyridine rings is 1. The van der Waals surface area contributed by atoms with Crippen LogP contribution in [0.3, 0.4) is 0 Å². The smallest absolute Gasteiger partial charge is 0.251 e. The molecule has 0 aliphatic carbocycles. The summed E-state index contributed by atoms with van der Waals surface area (Å²) in [6.07, 6.45) is 5.63. The van der Waals surface area contributed by atoms with Crippen LogP contribution in [0.2, 0.25) is 0 Å². The molecule has 5 nitrogen and oxygen atoms in total. The van der Waals surface area contributed by atoms with E-state index in [4.69, 9.17) is 4.74 Å². The molecule has 4 rings (SSSR count). The third kappa shape index (κ3) is 1.98. The molecule has 1 aromatic heterocycles. The number of ether oxygens (including phenoxy) is 1. The second-order valence-corrected chi connectivity index (χ2v) is 6.96. The molecule has 0 radical (unpaired) electrons. The first-order chi connectivity index (χ1) is 9.77. The van der Waals surface area contributed by atoms with Gasteiger partial charge in [-0.3, -0.25) is 9.78 Å². The molecular formula is C14H15N3O2S. The number of aromatic nitrogens is 1. The Morgan fingerprint density at radius 3 is 2.95 bits per heavy atom. The summed E-state index contributed by atoms with van der Waals surface area (Å²) in [6, 6.07) is 3.31. The van der Waals surface area contributed by atoms with Gasteiger partial charge in [0.05, 0.1) is 0 Å². The monoisotopic (exact) mass is 289 g/mol. The van der Waals surface area contributed by atoms with E-state index in [0.29, 0.717) is 4.75 Å². The lowest BCUT2D eigenvalue weighted by Gasteiger charge is -2.22. The maximum atomic E-state index is 12.7. The average molecular weight is 289 g/mol. The second kappa shape index (κ2) is 4.48. The lowest BCUT2D eigenvalue weighted by Crippen LogP contribution is -2.39. The van der Waals surface area contributed by atoms with Gasteiger partial charge in [-0.15, -0.1) is 0 Å². The van der Waals surface area contributed by atoms with Crippen LogP contribution in [-0.4, -0.2) is 51.8 Å². The van der Waals surface area contributed by atoms with Crippen molar-refractivity contribution in [1.82, 2.24) is 9.88 Å². The fraction of sp³-hybridized carbons (Fsp3) is 0.500. The van der Waals surface area contributed by atoms with Crippen LogP contribution in [0.15, 0.2) is 29.5 Å². The number of carbonyl (C=O) groups excluding carboxylic acids is 1. The minimum Gasteiger partial charge on any atom is -0.473 e. The van der Waals surface area contributed by atoms with E-state index < -0.39 is 6.04 Å². The van der Waals surface area contributed by atoms with Crippen LogP contribution < -0.4 is 0 Å². The molecule has 0 saturated carbocycles. The van der Waals surface area contributed by atoms with Crippen molar-refractivity contribution in [3.8, 4) is 0 Å². The number of carbonyl (C=O) groups is 1. The van der Waals surface area contributed by atoms with Crippen molar-refractivity contribution in [2.45, 2.75) is 23.3 Å². The van der Waals surface area contributed by atoms with E-state index in [-0.39, 0.29) is 12.0 Å². The van der Waals surface area contributed by atoms with Gasteiger partial charge in [0.1, 0.15) is 0 Å². The fourth-order valence-electron chi connectivity index (χ4n) is 2.88. The van der Waals surface area contributed by atoms with Crippen LogP contribution in [-0.2, 0) is 9.53 Å². The molecule has 1 spiro atoms. The van der Waals surface area contributed by atoms with Gasteiger partial charge in [0.2, 0.25) is 0 Å². The first kappa shape index (κ1) is 12.2. The Kier molecular flexibility index (Phi) is 2.73. The SMILES string of the molecule is O=C([C@@H]1N=CO[C@H]1c1ccncc1)N1CC[C@]2(CS2)C1. The van der Waals surface area contributed by atoms with Crippen LogP contribution >= 0.6 is 11.8 Å². The Morgan fingerprint density at radius 1 is 1.45 bits per heavy atom. The summed E-state index contributed by atoms with van der Waals surface area (Å²) >= 11 is 1.97. The van der Waals surface area contributed by atoms with E-state index in [0.717, 1.165) is 25.1 Å². The Balaban J connectivity index is 1.52. The third-order valence-corrected chi connectivity index (χ3v) is 5.62. The summed E-state index contributed by atoms with van der Waals surface area (Å²) in [6.45, 7) is 1.71. The number of nitrogens with zero attached hydrogens (tertiary/aromatic N) is 3. The predicted molar refractivity (Wildman–Crippen MR) is 76.7 cm³/mol. The zero-order chi connectivity index (χ0) is 13.6.